The van der Waals surface area contributed by atoms with Crippen molar-refractivity contribution in [2.45, 2.75) is 29.9 Å². The number of rotatable bonds is 0. The van der Waals surface area contributed by atoms with Crippen LogP contribution in [-0.4, -0.2) is 0 Å². The van der Waals surface area contributed by atoms with E-state index < -0.39 is 0 Å². The summed E-state index contributed by atoms with van der Waals surface area (Å²) in [5, 5.41) is 0. The van der Waals surface area contributed by atoms with Crippen LogP contribution in [-0.2, 0) is 20.4 Å². The Hall–Kier alpha value is 1.00. The Morgan fingerprint density at radius 1 is 1.14 bits per heavy atom. The average Bonchev–Trinajstić information content (AvgIpc) is 1.86. The molecule has 1 aliphatic carbocycles. The molecule has 7 heavy (non-hydrogen) atoms. The predicted molar refractivity (Wildman–Crippen MR) is 29.5 cm³/mol. The molecule has 0 bridgehead atoms. The molecule has 41 valence electrons. The van der Waals surface area contributed by atoms with Gasteiger partial charge in [-0.1, -0.05) is 0 Å². The first-order chi connectivity index (χ1) is 2.89. The van der Waals surface area contributed by atoms with Crippen LogP contribution in [0.2, 0.25) is 4.22 Å². The third kappa shape index (κ3) is 2.74. The fraction of sp³-hybridized carbons (Fsp3) is 1.00. The summed E-state index contributed by atoms with van der Waals surface area (Å²) in [6, 6.07) is 0. The molecule has 0 radical (unpaired) electrons. The van der Waals surface area contributed by atoms with Crippen molar-refractivity contribution in [1.82, 2.24) is 0 Å². The summed E-state index contributed by atoms with van der Waals surface area (Å²) in [5.41, 5.74) is 0. The van der Waals surface area contributed by atoms with Gasteiger partial charge in [-0.2, -0.15) is 0 Å². The Labute approximate surface area is 62.9 Å². The van der Waals surface area contributed by atoms with Gasteiger partial charge < -0.3 is 0 Å². The first-order valence-corrected chi connectivity index (χ1v) is 3.51. The molecule has 0 aliphatic heterocycles. The Morgan fingerprint density at radius 2 is 1.57 bits per heavy atom. The van der Waals surface area contributed by atoms with Crippen LogP contribution < -0.4 is 0 Å². The van der Waals surface area contributed by atoms with E-state index in [1.807, 2.05) is 0 Å². The molecule has 1 fully saturated rings. The molecule has 0 aromatic rings. The van der Waals surface area contributed by atoms with E-state index >= 15 is 0 Å². The van der Waals surface area contributed by atoms with Crippen LogP contribution in [0.1, 0.15) is 25.7 Å². The molecule has 0 spiro atoms. The first kappa shape index (κ1) is 8.00. The Bertz CT molecular complexity index is 41.3. The average molecular weight is 153 g/mol. The molecule has 1 aliphatic rings. The molecule has 0 unspecified atom stereocenters. The zero-order chi connectivity index (χ0) is 4.41. The van der Waals surface area contributed by atoms with Gasteiger partial charge in [0.2, 0.25) is 0 Å². The summed E-state index contributed by atoms with van der Waals surface area (Å²) in [4.78, 5) is 0. The summed E-state index contributed by atoms with van der Waals surface area (Å²) in [6.45, 7) is 0. The monoisotopic (exact) mass is 153 g/mol. The van der Waals surface area contributed by atoms with Crippen LogP contribution in [0.25, 0.3) is 0 Å². The molecule has 0 atom stereocenters. The van der Waals surface area contributed by atoms with E-state index in [0.29, 0.717) is 0 Å². The molecular formula is C5H10ClTi. The first-order valence-electron chi connectivity index (χ1n) is 2.61. The van der Waals surface area contributed by atoms with Gasteiger partial charge >= 0.3 is 50.3 Å². The van der Waals surface area contributed by atoms with Crippen LogP contribution in [0.15, 0.2) is 0 Å². The third-order valence-electron chi connectivity index (χ3n) is 1.36. The summed E-state index contributed by atoms with van der Waals surface area (Å²) >= 11 is 2.34. The zero-order valence-corrected chi connectivity index (χ0v) is 6.69. The Morgan fingerprint density at radius 3 is 1.71 bits per heavy atom. The second-order valence-electron chi connectivity index (χ2n) is 1.98. The van der Waals surface area contributed by atoms with Gasteiger partial charge in [-0.25, -0.2) is 0 Å². The fourth-order valence-electron chi connectivity index (χ4n) is 0.926. The van der Waals surface area contributed by atoms with Crippen LogP contribution in [0.4, 0.5) is 0 Å². The van der Waals surface area contributed by atoms with E-state index in [2.05, 4.69) is 20.4 Å². The number of hydrogen-bond donors (Lipinski definition) is 0. The van der Waals surface area contributed by atoms with Gasteiger partial charge in [0.15, 0.2) is 0 Å². The van der Waals surface area contributed by atoms with Crippen molar-refractivity contribution in [1.29, 1.82) is 0 Å². The second-order valence-corrected chi connectivity index (χ2v) is 3.26. The topological polar surface area (TPSA) is 0 Å². The molecule has 2 heteroatoms. The molecular weight excluding hydrogens is 143 g/mol. The van der Waals surface area contributed by atoms with Crippen molar-refractivity contribution >= 4 is 12.4 Å². The van der Waals surface area contributed by atoms with E-state index in [1.165, 1.54) is 25.7 Å². The van der Waals surface area contributed by atoms with Crippen LogP contribution in [0.3, 0.4) is 0 Å². The third-order valence-corrected chi connectivity index (χ3v) is 2.26. The number of hydrogen-bond acceptors (Lipinski definition) is 0. The van der Waals surface area contributed by atoms with Crippen molar-refractivity contribution in [3.05, 3.63) is 0 Å². The molecule has 1 saturated carbocycles. The van der Waals surface area contributed by atoms with E-state index in [0.717, 1.165) is 4.22 Å². The van der Waals surface area contributed by atoms with E-state index in [-0.39, 0.29) is 12.4 Å². The molecule has 0 nitrogen and oxygen atoms in total. The molecule has 0 saturated heterocycles. The minimum absolute atomic E-state index is 0. The predicted octanol–water partition coefficient (Wildman–Crippen LogP) is 2.32. The van der Waals surface area contributed by atoms with Crippen molar-refractivity contribution in [2.24, 2.45) is 0 Å². The maximum absolute atomic E-state index is 2.34. The summed E-state index contributed by atoms with van der Waals surface area (Å²) in [6.07, 6.45) is 5.95. The molecule has 1 rings (SSSR count). The summed E-state index contributed by atoms with van der Waals surface area (Å²) in [5.74, 6) is 0. The van der Waals surface area contributed by atoms with Gasteiger partial charge in [0.05, 0.1) is 0 Å². The van der Waals surface area contributed by atoms with Gasteiger partial charge in [-0.05, 0) is 0 Å². The van der Waals surface area contributed by atoms with E-state index in [9.17, 15) is 0 Å². The fourth-order valence-corrected chi connectivity index (χ4v) is 1.56. The van der Waals surface area contributed by atoms with E-state index in [4.69, 9.17) is 0 Å². The molecule has 0 aromatic carbocycles. The summed E-state index contributed by atoms with van der Waals surface area (Å²) in [7, 11) is 0. The molecule has 0 N–H and O–H groups in total. The van der Waals surface area contributed by atoms with Gasteiger partial charge in [0, 0.05) is 0 Å². The zero-order valence-electron chi connectivity index (χ0n) is 4.31. The Kier molecular flexibility index (Phi) is 4.51. The van der Waals surface area contributed by atoms with Crippen molar-refractivity contribution in [3.63, 3.8) is 0 Å². The molecule has 0 aromatic heterocycles. The van der Waals surface area contributed by atoms with Crippen molar-refractivity contribution in [2.75, 3.05) is 0 Å². The van der Waals surface area contributed by atoms with Gasteiger partial charge in [-0.15, -0.1) is 12.4 Å². The normalized spacial score (nSPS) is 21.6. The number of halogens is 1. The van der Waals surface area contributed by atoms with Gasteiger partial charge in [0.25, 0.3) is 0 Å². The van der Waals surface area contributed by atoms with E-state index in [1.54, 1.807) is 0 Å². The van der Waals surface area contributed by atoms with Crippen LogP contribution >= 0.6 is 12.4 Å². The van der Waals surface area contributed by atoms with Crippen LogP contribution in [0, 0.1) is 0 Å². The van der Waals surface area contributed by atoms with Gasteiger partial charge in [0.1, 0.15) is 0 Å². The van der Waals surface area contributed by atoms with Crippen molar-refractivity contribution < 1.29 is 20.4 Å². The quantitative estimate of drug-likeness (QED) is 0.469. The summed E-state index contributed by atoms with van der Waals surface area (Å²) < 4.78 is 1.05. The molecule has 0 amide bonds. The second kappa shape index (κ2) is 3.94. The van der Waals surface area contributed by atoms with Gasteiger partial charge in [-0.3, -0.25) is 0 Å². The Balaban J connectivity index is 0.000000360. The minimum atomic E-state index is 0. The van der Waals surface area contributed by atoms with Crippen molar-refractivity contribution in [3.8, 4) is 0 Å². The maximum atomic E-state index is 2.34. The standard InChI is InChI=1S/C5H9.ClH.Ti/c1-2-4-5-3-1;;/h1H,2-5H2;1H;. The molecule has 0 heterocycles. The van der Waals surface area contributed by atoms with Crippen LogP contribution in [0.5, 0.6) is 0 Å². The SMILES string of the molecule is Cl.[Ti][CH]1CCCC1.